The minimum Gasteiger partial charge on any atom is -0.465 e. The molecular weight excluding hydrogens is 310 g/mol. The first kappa shape index (κ1) is 16.5. The number of benzene rings is 1. The second kappa shape index (κ2) is 7.03. The van der Waals surface area contributed by atoms with Crippen LogP contribution in [0.3, 0.4) is 0 Å². The van der Waals surface area contributed by atoms with E-state index in [9.17, 15) is 14.4 Å². The summed E-state index contributed by atoms with van der Waals surface area (Å²) in [6.07, 6.45) is 1.14. The molecule has 6 heteroatoms. The van der Waals surface area contributed by atoms with Gasteiger partial charge in [0.15, 0.2) is 5.78 Å². The molecule has 0 radical (unpaired) electrons. The topological polar surface area (TPSA) is 72.9 Å². The van der Waals surface area contributed by atoms with Crippen molar-refractivity contribution in [2.45, 2.75) is 44.9 Å². The maximum Gasteiger partial charge on any atom is 0.410 e. The standard InChI is InChI=1S/C18H21NO5/c1-2-23-17(21)14-10-13-8-9-15(16(14)20)19(13)18(22)24-11-12-6-4-3-5-7-12/h3-7,13-15H,2,8-11H2,1H3. The Morgan fingerprint density at radius 1 is 1.17 bits per heavy atom. The summed E-state index contributed by atoms with van der Waals surface area (Å²) in [5.41, 5.74) is 0.894. The van der Waals surface area contributed by atoms with Crippen molar-refractivity contribution in [1.29, 1.82) is 0 Å². The molecule has 2 heterocycles. The second-order valence-electron chi connectivity index (χ2n) is 6.14. The van der Waals surface area contributed by atoms with E-state index in [0.717, 1.165) is 5.56 Å². The Labute approximate surface area is 140 Å². The van der Waals surface area contributed by atoms with Gasteiger partial charge in [-0.05, 0) is 31.7 Å². The fourth-order valence-electron chi connectivity index (χ4n) is 3.54. The van der Waals surface area contributed by atoms with E-state index < -0.39 is 24.0 Å². The van der Waals surface area contributed by atoms with Crippen molar-refractivity contribution in [3.05, 3.63) is 35.9 Å². The average molecular weight is 331 g/mol. The van der Waals surface area contributed by atoms with Crippen LogP contribution in [0, 0.1) is 5.92 Å². The average Bonchev–Trinajstić information content (AvgIpc) is 2.94. The van der Waals surface area contributed by atoms with E-state index in [1.165, 1.54) is 4.90 Å². The smallest absolute Gasteiger partial charge is 0.410 e. The minimum atomic E-state index is -0.749. The molecule has 2 aliphatic rings. The molecule has 1 amide bonds. The van der Waals surface area contributed by atoms with Crippen LogP contribution in [0.25, 0.3) is 0 Å². The van der Waals surface area contributed by atoms with Gasteiger partial charge in [0, 0.05) is 6.04 Å². The summed E-state index contributed by atoms with van der Waals surface area (Å²) in [5.74, 6) is -1.45. The van der Waals surface area contributed by atoms with Crippen molar-refractivity contribution >= 4 is 17.8 Å². The molecule has 2 bridgehead atoms. The number of ketones is 1. The van der Waals surface area contributed by atoms with Gasteiger partial charge in [-0.25, -0.2) is 4.79 Å². The molecular formula is C18H21NO5. The van der Waals surface area contributed by atoms with Gasteiger partial charge >= 0.3 is 12.1 Å². The summed E-state index contributed by atoms with van der Waals surface area (Å²) in [4.78, 5) is 38.4. The third kappa shape index (κ3) is 3.13. The minimum absolute atomic E-state index is 0.134. The van der Waals surface area contributed by atoms with Crippen LogP contribution in [0.2, 0.25) is 0 Å². The van der Waals surface area contributed by atoms with E-state index in [1.807, 2.05) is 30.3 Å². The van der Waals surface area contributed by atoms with Crippen LogP contribution in [0.1, 0.15) is 31.7 Å². The number of ether oxygens (including phenoxy) is 2. The molecule has 128 valence electrons. The predicted octanol–water partition coefficient (Wildman–Crippen LogP) is 2.31. The molecule has 0 saturated carbocycles. The van der Waals surface area contributed by atoms with Crippen molar-refractivity contribution in [3.8, 4) is 0 Å². The summed E-state index contributed by atoms with van der Waals surface area (Å²) >= 11 is 0. The lowest BCUT2D eigenvalue weighted by molar-refractivity contribution is -0.155. The number of hydrogen-bond acceptors (Lipinski definition) is 5. The molecule has 3 rings (SSSR count). The van der Waals surface area contributed by atoms with E-state index in [2.05, 4.69) is 0 Å². The molecule has 3 atom stereocenters. The third-order valence-electron chi connectivity index (χ3n) is 4.67. The number of piperidine rings is 1. The van der Waals surface area contributed by atoms with Crippen LogP contribution < -0.4 is 0 Å². The van der Waals surface area contributed by atoms with Crippen LogP contribution in [0.5, 0.6) is 0 Å². The first-order valence-electron chi connectivity index (χ1n) is 8.31. The molecule has 2 fully saturated rings. The van der Waals surface area contributed by atoms with E-state index in [0.29, 0.717) is 19.3 Å². The number of hydrogen-bond donors (Lipinski definition) is 0. The van der Waals surface area contributed by atoms with E-state index in [-0.39, 0.29) is 25.0 Å². The predicted molar refractivity (Wildman–Crippen MR) is 85.0 cm³/mol. The lowest BCUT2D eigenvalue weighted by Crippen LogP contribution is -2.54. The Hall–Kier alpha value is -2.37. The quantitative estimate of drug-likeness (QED) is 0.625. The van der Waals surface area contributed by atoms with Crippen LogP contribution >= 0.6 is 0 Å². The highest BCUT2D eigenvalue weighted by molar-refractivity contribution is 6.04. The monoisotopic (exact) mass is 331 g/mol. The van der Waals surface area contributed by atoms with Gasteiger partial charge in [-0.2, -0.15) is 0 Å². The normalized spacial score (nSPS) is 25.5. The molecule has 0 N–H and O–H groups in total. The molecule has 24 heavy (non-hydrogen) atoms. The highest BCUT2D eigenvalue weighted by Crippen LogP contribution is 2.37. The van der Waals surface area contributed by atoms with Gasteiger partial charge in [-0.1, -0.05) is 30.3 Å². The fraction of sp³-hybridized carbons (Fsp3) is 0.500. The number of amides is 1. The molecule has 0 aliphatic carbocycles. The number of esters is 1. The lowest BCUT2D eigenvalue weighted by atomic mass is 9.89. The van der Waals surface area contributed by atoms with Gasteiger partial charge in [0.1, 0.15) is 12.5 Å². The molecule has 2 aliphatic heterocycles. The number of rotatable bonds is 4. The fourth-order valence-corrected chi connectivity index (χ4v) is 3.54. The van der Waals surface area contributed by atoms with Gasteiger partial charge in [-0.3, -0.25) is 14.5 Å². The summed E-state index contributed by atoms with van der Waals surface area (Å²) in [6.45, 7) is 2.14. The Balaban J connectivity index is 1.64. The summed E-state index contributed by atoms with van der Waals surface area (Å²) in [5, 5.41) is 0. The number of carbonyl (C=O) groups excluding carboxylic acids is 3. The van der Waals surface area contributed by atoms with Crippen LogP contribution in [0.4, 0.5) is 4.79 Å². The summed E-state index contributed by atoms with van der Waals surface area (Å²) in [6, 6.07) is 8.69. The number of fused-ring (bicyclic) bond motifs is 2. The van der Waals surface area contributed by atoms with E-state index in [1.54, 1.807) is 6.92 Å². The van der Waals surface area contributed by atoms with E-state index in [4.69, 9.17) is 9.47 Å². The molecule has 0 aromatic heterocycles. The molecule has 1 aromatic rings. The first-order valence-corrected chi connectivity index (χ1v) is 8.31. The lowest BCUT2D eigenvalue weighted by Gasteiger charge is -2.36. The Bertz CT molecular complexity index is 630. The van der Waals surface area contributed by atoms with Crippen molar-refractivity contribution in [3.63, 3.8) is 0 Å². The Morgan fingerprint density at radius 2 is 1.92 bits per heavy atom. The maximum atomic E-state index is 12.5. The van der Waals surface area contributed by atoms with Crippen molar-refractivity contribution in [1.82, 2.24) is 4.90 Å². The number of carbonyl (C=O) groups is 3. The Morgan fingerprint density at radius 3 is 2.62 bits per heavy atom. The SMILES string of the molecule is CCOC(=O)C1CC2CCC(C1=O)N2C(=O)OCc1ccccc1. The van der Waals surface area contributed by atoms with Crippen molar-refractivity contribution < 1.29 is 23.9 Å². The van der Waals surface area contributed by atoms with Crippen LogP contribution in [-0.2, 0) is 25.7 Å². The first-order chi connectivity index (χ1) is 11.6. The zero-order chi connectivity index (χ0) is 17.1. The maximum absolute atomic E-state index is 12.5. The zero-order valence-electron chi connectivity index (χ0n) is 13.6. The number of Topliss-reactive ketones (excluding diaryl/α,β-unsaturated/α-hetero) is 1. The largest absolute Gasteiger partial charge is 0.465 e. The summed E-state index contributed by atoms with van der Waals surface area (Å²) < 4.78 is 10.3. The van der Waals surface area contributed by atoms with Gasteiger partial charge < -0.3 is 9.47 Å². The van der Waals surface area contributed by atoms with Gasteiger partial charge in [0.05, 0.1) is 12.6 Å². The van der Waals surface area contributed by atoms with Crippen molar-refractivity contribution in [2.24, 2.45) is 5.92 Å². The van der Waals surface area contributed by atoms with Gasteiger partial charge in [-0.15, -0.1) is 0 Å². The highest BCUT2D eigenvalue weighted by Gasteiger charge is 2.51. The van der Waals surface area contributed by atoms with Gasteiger partial charge in [0.25, 0.3) is 0 Å². The molecule has 6 nitrogen and oxygen atoms in total. The van der Waals surface area contributed by atoms with Crippen molar-refractivity contribution in [2.75, 3.05) is 6.61 Å². The van der Waals surface area contributed by atoms with E-state index >= 15 is 0 Å². The molecule has 0 spiro atoms. The molecule has 1 aromatic carbocycles. The number of nitrogens with zero attached hydrogens (tertiary/aromatic N) is 1. The molecule has 2 saturated heterocycles. The highest BCUT2D eigenvalue weighted by atomic mass is 16.6. The third-order valence-corrected chi connectivity index (χ3v) is 4.67. The zero-order valence-corrected chi connectivity index (χ0v) is 13.6. The Kier molecular flexibility index (Phi) is 4.83. The second-order valence-corrected chi connectivity index (χ2v) is 6.14. The molecule has 3 unspecified atom stereocenters. The van der Waals surface area contributed by atoms with Gasteiger partial charge in [0.2, 0.25) is 0 Å². The van der Waals surface area contributed by atoms with Crippen LogP contribution in [0.15, 0.2) is 30.3 Å². The summed E-state index contributed by atoms with van der Waals surface area (Å²) in [7, 11) is 0. The van der Waals surface area contributed by atoms with Crippen LogP contribution in [-0.4, -0.2) is 41.4 Å².